The number of hydrogen-bond acceptors (Lipinski definition) is 2. The topological polar surface area (TPSA) is 18.5 Å². The number of rotatable bonds is 14. The summed E-state index contributed by atoms with van der Waals surface area (Å²) in [6.45, 7) is 12.8. The van der Waals surface area contributed by atoms with Crippen LogP contribution >= 0.6 is 11.6 Å². The quantitative estimate of drug-likeness (QED) is 0.216. The first-order valence-corrected chi connectivity index (χ1v) is 9.49. The smallest absolute Gasteiger partial charge is 0.146 e. The van der Waals surface area contributed by atoms with Crippen molar-refractivity contribution in [1.29, 1.82) is 0 Å². The molecule has 0 N–H and O–H groups in total. The van der Waals surface area contributed by atoms with Gasteiger partial charge in [-0.2, -0.15) is 0 Å². The van der Waals surface area contributed by atoms with Gasteiger partial charge in [-0.05, 0) is 69.1 Å². The highest BCUT2D eigenvalue weighted by molar-refractivity contribution is 6.20. The van der Waals surface area contributed by atoms with Crippen LogP contribution in [0.1, 0.15) is 73.1 Å². The van der Waals surface area contributed by atoms with E-state index in [1.807, 2.05) is 0 Å². The van der Waals surface area contributed by atoms with Gasteiger partial charge in [-0.25, -0.2) is 0 Å². The van der Waals surface area contributed by atoms with Gasteiger partial charge in [-0.1, -0.05) is 27.7 Å². The Morgan fingerprint density at radius 3 is 1.77 bits per heavy atom. The fourth-order valence-corrected chi connectivity index (χ4v) is 4.00. The van der Waals surface area contributed by atoms with E-state index in [0.717, 1.165) is 43.1 Å². The minimum absolute atomic E-state index is 0.306. The molecule has 0 saturated heterocycles. The lowest BCUT2D eigenvalue weighted by Gasteiger charge is -2.23. The van der Waals surface area contributed by atoms with Gasteiger partial charge < -0.3 is 9.47 Å². The Kier molecular flexibility index (Phi) is 13.8. The summed E-state index contributed by atoms with van der Waals surface area (Å²) < 4.78 is 10.2. The monoisotopic (exact) mass is 334 g/mol. The first-order valence-electron chi connectivity index (χ1n) is 9.05. The van der Waals surface area contributed by atoms with Crippen molar-refractivity contribution in [2.45, 2.75) is 78.5 Å². The largest absolute Gasteiger partial charge is 0.359 e. The number of halogens is 1. The van der Waals surface area contributed by atoms with E-state index in [1.165, 1.54) is 25.7 Å². The lowest BCUT2D eigenvalue weighted by atomic mass is 9.84. The Morgan fingerprint density at radius 2 is 1.27 bits per heavy atom. The molecule has 0 aromatic rings. The summed E-state index contributed by atoms with van der Waals surface area (Å²) in [5.41, 5.74) is 0. The summed E-state index contributed by atoms with van der Waals surface area (Å²) >= 11 is 6.09. The predicted molar refractivity (Wildman–Crippen MR) is 97.5 cm³/mol. The summed E-state index contributed by atoms with van der Waals surface area (Å²) in [4.78, 5) is 0. The van der Waals surface area contributed by atoms with Gasteiger partial charge in [0, 0.05) is 19.1 Å². The van der Waals surface area contributed by atoms with E-state index in [9.17, 15) is 0 Å². The molecule has 2 nitrogen and oxygen atoms in total. The van der Waals surface area contributed by atoms with Crippen LogP contribution in [0.3, 0.4) is 0 Å². The molecule has 0 bridgehead atoms. The maximum Gasteiger partial charge on any atom is 0.146 e. The third-order valence-corrected chi connectivity index (χ3v) is 4.51. The standard InChI is InChI=1S/C19H39ClO2/c1-15(8-7-9-22-14-21-6)10-16(2)11-17(3)12-18(4)13-19(5)20/h15-19H,7-14H2,1-6H3. The molecule has 134 valence electrons. The van der Waals surface area contributed by atoms with Gasteiger partial charge in [-0.3, -0.25) is 0 Å². The van der Waals surface area contributed by atoms with Gasteiger partial charge in [0.25, 0.3) is 0 Å². The molecule has 0 saturated carbocycles. The van der Waals surface area contributed by atoms with E-state index in [2.05, 4.69) is 34.6 Å². The van der Waals surface area contributed by atoms with Crippen molar-refractivity contribution in [3.8, 4) is 0 Å². The van der Waals surface area contributed by atoms with Crippen molar-refractivity contribution < 1.29 is 9.47 Å². The number of methoxy groups -OCH3 is 1. The van der Waals surface area contributed by atoms with Crippen LogP contribution in [-0.4, -0.2) is 25.9 Å². The van der Waals surface area contributed by atoms with Gasteiger partial charge in [0.2, 0.25) is 0 Å². The molecule has 0 spiro atoms. The van der Waals surface area contributed by atoms with Crippen molar-refractivity contribution in [1.82, 2.24) is 0 Å². The van der Waals surface area contributed by atoms with Crippen molar-refractivity contribution in [3.63, 3.8) is 0 Å². The van der Waals surface area contributed by atoms with E-state index in [0.29, 0.717) is 12.2 Å². The van der Waals surface area contributed by atoms with E-state index in [1.54, 1.807) is 7.11 Å². The van der Waals surface area contributed by atoms with Crippen LogP contribution in [0.4, 0.5) is 0 Å². The lowest BCUT2D eigenvalue weighted by molar-refractivity contribution is -0.0323. The van der Waals surface area contributed by atoms with Crippen LogP contribution in [0.5, 0.6) is 0 Å². The summed E-state index contributed by atoms with van der Waals surface area (Å²) in [5.74, 6) is 3.14. The Hall–Kier alpha value is 0.210. The Balaban J connectivity index is 3.75. The molecular formula is C19H39ClO2. The van der Waals surface area contributed by atoms with E-state index in [4.69, 9.17) is 21.1 Å². The second-order valence-corrected chi connectivity index (χ2v) is 8.35. The van der Waals surface area contributed by atoms with Crippen LogP contribution in [0.15, 0.2) is 0 Å². The molecule has 0 heterocycles. The second-order valence-electron chi connectivity index (χ2n) is 7.60. The fraction of sp³-hybridized carbons (Fsp3) is 1.00. The van der Waals surface area contributed by atoms with Gasteiger partial charge >= 0.3 is 0 Å². The zero-order valence-electron chi connectivity index (χ0n) is 15.7. The van der Waals surface area contributed by atoms with Gasteiger partial charge in [0.15, 0.2) is 0 Å². The number of ether oxygens (including phenoxy) is 2. The van der Waals surface area contributed by atoms with E-state index < -0.39 is 0 Å². The molecule has 5 unspecified atom stereocenters. The van der Waals surface area contributed by atoms with Gasteiger partial charge in [0.05, 0.1) is 0 Å². The first kappa shape index (κ1) is 22.2. The minimum atomic E-state index is 0.306. The third-order valence-electron chi connectivity index (χ3n) is 4.33. The Bertz CT molecular complexity index is 246. The molecular weight excluding hydrogens is 296 g/mol. The normalized spacial score (nSPS) is 18.7. The SMILES string of the molecule is COCOCCCC(C)CC(C)CC(C)CC(C)CC(C)Cl. The van der Waals surface area contributed by atoms with Crippen molar-refractivity contribution in [3.05, 3.63) is 0 Å². The predicted octanol–water partition coefficient (Wildman–Crippen LogP) is 6.12. The molecule has 0 aromatic heterocycles. The van der Waals surface area contributed by atoms with E-state index >= 15 is 0 Å². The number of alkyl halides is 1. The highest BCUT2D eigenvalue weighted by atomic mass is 35.5. The minimum Gasteiger partial charge on any atom is -0.359 e. The van der Waals surface area contributed by atoms with Crippen molar-refractivity contribution in [2.24, 2.45) is 23.7 Å². The first-order chi connectivity index (χ1) is 10.3. The fourth-order valence-electron chi connectivity index (χ4n) is 3.70. The molecule has 0 aromatic carbocycles. The average Bonchev–Trinajstić information content (AvgIpc) is 2.36. The van der Waals surface area contributed by atoms with Crippen LogP contribution in [0, 0.1) is 23.7 Å². The molecule has 22 heavy (non-hydrogen) atoms. The molecule has 0 rings (SSSR count). The number of hydrogen-bond donors (Lipinski definition) is 0. The van der Waals surface area contributed by atoms with Crippen LogP contribution in [-0.2, 0) is 9.47 Å². The van der Waals surface area contributed by atoms with Crippen LogP contribution < -0.4 is 0 Å². The molecule has 0 aliphatic carbocycles. The highest BCUT2D eigenvalue weighted by Gasteiger charge is 2.15. The molecule has 0 aliphatic heterocycles. The zero-order valence-corrected chi connectivity index (χ0v) is 16.5. The van der Waals surface area contributed by atoms with E-state index in [-0.39, 0.29) is 0 Å². The Labute approximate surface area is 144 Å². The summed E-state index contributed by atoms with van der Waals surface area (Å²) in [6, 6.07) is 0. The lowest BCUT2D eigenvalue weighted by Crippen LogP contribution is -2.12. The maximum atomic E-state index is 6.09. The summed E-state index contributed by atoms with van der Waals surface area (Å²) in [5, 5.41) is 0.306. The summed E-state index contributed by atoms with van der Waals surface area (Å²) in [7, 11) is 1.67. The third kappa shape index (κ3) is 13.8. The molecule has 0 fully saturated rings. The Morgan fingerprint density at radius 1 is 0.773 bits per heavy atom. The average molecular weight is 335 g/mol. The molecule has 0 amide bonds. The summed E-state index contributed by atoms with van der Waals surface area (Å²) in [6.07, 6.45) is 7.50. The van der Waals surface area contributed by atoms with Gasteiger partial charge in [-0.15, -0.1) is 11.6 Å². The van der Waals surface area contributed by atoms with Crippen LogP contribution in [0.2, 0.25) is 0 Å². The highest BCUT2D eigenvalue weighted by Crippen LogP contribution is 2.27. The van der Waals surface area contributed by atoms with Gasteiger partial charge in [0.1, 0.15) is 6.79 Å². The molecule has 0 aliphatic rings. The van der Waals surface area contributed by atoms with Crippen molar-refractivity contribution in [2.75, 3.05) is 20.5 Å². The maximum absolute atomic E-state index is 6.09. The van der Waals surface area contributed by atoms with Crippen LogP contribution in [0.25, 0.3) is 0 Å². The zero-order chi connectivity index (χ0) is 17.0. The molecule has 3 heteroatoms. The molecule has 5 atom stereocenters. The second kappa shape index (κ2) is 13.6. The van der Waals surface area contributed by atoms with Crippen molar-refractivity contribution >= 4 is 11.6 Å². The molecule has 0 radical (unpaired) electrons.